The molecular weight excluding hydrogens is 396 g/mol. The normalized spacial score (nSPS) is 13.6. The van der Waals surface area contributed by atoms with E-state index in [0.717, 1.165) is 18.4 Å². The Hall–Kier alpha value is -4.27. The van der Waals surface area contributed by atoms with Gasteiger partial charge in [-0.05, 0) is 31.0 Å². The van der Waals surface area contributed by atoms with E-state index in [1.807, 2.05) is 0 Å². The molecule has 9 nitrogen and oxygen atoms in total. The van der Waals surface area contributed by atoms with Crippen LogP contribution in [0.1, 0.15) is 38.8 Å². The molecule has 0 unspecified atom stereocenters. The summed E-state index contributed by atoms with van der Waals surface area (Å²) in [6.45, 7) is 1.59. The van der Waals surface area contributed by atoms with Crippen molar-refractivity contribution in [1.29, 1.82) is 0 Å². The van der Waals surface area contributed by atoms with Gasteiger partial charge in [-0.25, -0.2) is 4.79 Å². The number of fused-ring (bicyclic) bond motifs is 2. The predicted octanol–water partition coefficient (Wildman–Crippen LogP) is 2.53. The van der Waals surface area contributed by atoms with E-state index in [4.69, 9.17) is 4.42 Å². The molecule has 2 aromatic carbocycles. The number of carboxylic acids is 1. The molecule has 0 radical (unpaired) electrons. The quantitative estimate of drug-likeness (QED) is 0.399. The number of phenolic OH excluding ortho intramolecular Hbond substituents is 3. The molecule has 4 rings (SSSR count). The van der Waals surface area contributed by atoms with Gasteiger partial charge in [0.25, 0.3) is 0 Å². The van der Waals surface area contributed by atoms with Crippen molar-refractivity contribution in [2.75, 3.05) is 0 Å². The highest BCUT2D eigenvalue weighted by Crippen LogP contribution is 2.39. The molecule has 5 N–H and O–H groups in total. The van der Waals surface area contributed by atoms with Gasteiger partial charge in [-0.3, -0.25) is 9.59 Å². The first-order valence-corrected chi connectivity index (χ1v) is 8.65. The number of hydrogen-bond donors (Lipinski definition) is 5. The molecule has 3 aromatic rings. The maximum absolute atomic E-state index is 13.1. The fourth-order valence-corrected chi connectivity index (χ4v) is 3.68. The fraction of sp³-hybridized carbons (Fsp3) is 0.0952. The van der Waals surface area contributed by atoms with Crippen LogP contribution in [0.25, 0.3) is 16.5 Å². The van der Waals surface area contributed by atoms with Crippen molar-refractivity contribution in [3.63, 3.8) is 0 Å². The van der Waals surface area contributed by atoms with Crippen LogP contribution in [0.4, 0.5) is 0 Å². The lowest BCUT2D eigenvalue weighted by molar-refractivity contribution is 0.0695. The van der Waals surface area contributed by atoms with Crippen molar-refractivity contribution in [3.05, 3.63) is 62.5 Å². The van der Waals surface area contributed by atoms with Crippen LogP contribution >= 0.6 is 0 Å². The Kier molecular flexibility index (Phi) is 4.05. The van der Waals surface area contributed by atoms with Crippen LogP contribution < -0.4 is 5.43 Å². The number of benzene rings is 2. The van der Waals surface area contributed by atoms with E-state index < -0.39 is 45.4 Å². The molecule has 0 bridgehead atoms. The Balaban J connectivity index is 2.02. The molecule has 1 heterocycles. The minimum Gasteiger partial charge on any atom is -0.504 e. The molecule has 1 aromatic heterocycles. The van der Waals surface area contributed by atoms with E-state index in [1.165, 1.54) is 6.07 Å². The van der Waals surface area contributed by atoms with Gasteiger partial charge >= 0.3 is 5.97 Å². The van der Waals surface area contributed by atoms with Gasteiger partial charge in [0, 0.05) is 17.2 Å². The van der Waals surface area contributed by atoms with Crippen LogP contribution in [-0.4, -0.2) is 37.3 Å². The van der Waals surface area contributed by atoms with Gasteiger partial charge in [0.2, 0.25) is 5.43 Å². The van der Waals surface area contributed by atoms with Crippen molar-refractivity contribution in [3.8, 4) is 23.0 Å². The number of Topliss-reactive ketones (excluding diaryl/α,β-unsaturated/α-hetero) is 1. The average molecular weight is 410 g/mol. The van der Waals surface area contributed by atoms with Crippen LogP contribution in [-0.2, 0) is 6.42 Å². The Morgan fingerprint density at radius 3 is 2.30 bits per heavy atom. The summed E-state index contributed by atoms with van der Waals surface area (Å²) in [5, 5.41) is 48.0. The van der Waals surface area contributed by atoms with E-state index >= 15 is 0 Å². The number of carbonyl (C=O) groups excluding carboxylic acids is 1. The van der Waals surface area contributed by atoms with Crippen molar-refractivity contribution < 1.29 is 39.5 Å². The molecule has 152 valence electrons. The maximum atomic E-state index is 13.1. The molecule has 0 spiro atoms. The molecular formula is C21H14O9. The smallest absolute Gasteiger partial charge is 0.340 e. The molecule has 30 heavy (non-hydrogen) atoms. The molecule has 9 heteroatoms. The average Bonchev–Trinajstić information content (AvgIpc) is 2.66. The third-order valence-corrected chi connectivity index (χ3v) is 5.06. The lowest BCUT2D eigenvalue weighted by Crippen LogP contribution is -2.20. The third kappa shape index (κ3) is 2.60. The predicted molar refractivity (Wildman–Crippen MR) is 103 cm³/mol. The highest BCUT2D eigenvalue weighted by Gasteiger charge is 2.30. The van der Waals surface area contributed by atoms with Gasteiger partial charge in [-0.2, -0.15) is 0 Å². The summed E-state index contributed by atoms with van der Waals surface area (Å²) in [6, 6.07) is 3.26. The molecule has 0 fully saturated rings. The Morgan fingerprint density at radius 2 is 1.63 bits per heavy atom. The molecule has 1 aliphatic carbocycles. The van der Waals surface area contributed by atoms with E-state index in [0.29, 0.717) is 11.1 Å². The number of carbonyl (C=O) groups is 2. The van der Waals surface area contributed by atoms with Gasteiger partial charge in [0.1, 0.15) is 17.4 Å². The monoisotopic (exact) mass is 410 g/mol. The number of aromatic carboxylic acids is 1. The Labute approximate surface area is 167 Å². The molecule has 0 aliphatic heterocycles. The summed E-state index contributed by atoms with van der Waals surface area (Å²) < 4.78 is 5.32. The second-order valence-corrected chi connectivity index (χ2v) is 6.94. The first kappa shape index (κ1) is 19.1. The van der Waals surface area contributed by atoms with Crippen molar-refractivity contribution >= 4 is 28.3 Å². The minimum atomic E-state index is -1.66. The van der Waals surface area contributed by atoms with Crippen molar-refractivity contribution in [1.82, 2.24) is 0 Å². The summed E-state index contributed by atoms with van der Waals surface area (Å²) in [5.41, 5.74) is -1.26. The summed E-state index contributed by atoms with van der Waals surface area (Å²) in [4.78, 5) is 37.8. The summed E-state index contributed by atoms with van der Waals surface area (Å²) in [5.74, 6) is -4.93. The number of ketones is 1. The lowest BCUT2D eigenvalue weighted by atomic mass is 9.82. The van der Waals surface area contributed by atoms with Crippen LogP contribution in [0.5, 0.6) is 23.0 Å². The lowest BCUT2D eigenvalue weighted by Gasteiger charge is -2.20. The topological polar surface area (TPSA) is 166 Å². The Bertz CT molecular complexity index is 1380. The Morgan fingerprint density at radius 1 is 0.967 bits per heavy atom. The molecule has 0 atom stereocenters. The largest absolute Gasteiger partial charge is 0.504 e. The van der Waals surface area contributed by atoms with Gasteiger partial charge in [0.05, 0.1) is 10.9 Å². The van der Waals surface area contributed by atoms with Crippen LogP contribution in [0.15, 0.2) is 39.2 Å². The summed E-state index contributed by atoms with van der Waals surface area (Å²) in [6.07, 6.45) is 1.17. The first-order valence-electron chi connectivity index (χ1n) is 8.65. The molecule has 1 aliphatic rings. The van der Waals surface area contributed by atoms with Crippen LogP contribution in [0.3, 0.4) is 0 Å². The SMILES string of the molecule is CC1=C(c2coc3cc(O)c(O)c(C(=O)O)c3c2=O)C(=O)c2cc(O)c(O)cc2C1. The van der Waals surface area contributed by atoms with Crippen LogP contribution in [0, 0.1) is 0 Å². The summed E-state index contributed by atoms with van der Waals surface area (Å²) in [7, 11) is 0. The van der Waals surface area contributed by atoms with Gasteiger partial charge in [0.15, 0.2) is 28.8 Å². The molecule has 0 saturated carbocycles. The van der Waals surface area contributed by atoms with Gasteiger partial charge in [-0.15, -0.1) is 0 Å². The zero-order valence-electron chi connectivity index (χ0n) is 15.4. The zero-order valence-corrected chi connectivity index (χ0v) is 15.4. The van der Waals surface area contributed by atoms with E-state index in [-0.39, 0.29) is 34.5 Å². The third-order valence-electron chi connectivity index (χ3n) is 5.06. The second kappa shape index (κ2) is 6.38. The van der Waals surface area contributed by atoms with Gasteiger partial charge < -0.3 is 29.9 Å². The minimum absolute atomic E-state index is 0.0351. The van der Waals surface area contributed by atoms with Crippen molar-refractivity contribution in [2.24, 2.45) is 0 Å². The first-order chi connectivity index (χ1) is 14.1. The van der Waals surface area contributed by atoms with E-state index in [1.54, 1.807) is 6.92 Å². The number of hydrogen-bond acceptors (Lipinski definition) is 8. The maximum Gasteiger partial charge on any atom is 0.340 e. The number of allylic oxidation sites excluding steroid dienone is 2. The zero-order chi connectivity index (χ0) is 21.9. The standard InChI is InChI=1S/C21H14O9/c1-7-2-8-3-11(22)12(23)4-9(8)18(25)15(7)10-6-30-14-5-13(24)20(27)17(21(28)29)16(14)19(10)26/h3-6,22-24,27H,2H2,1H3,(H,28,29). The number of aromatic hydroxyl groups is 4. The number of phenols is 4. The molecule has 0 amide bonds. The van der Waals surface area contributed by atoms with Crippen LogP contribution in [0.2, 0.25) is 0 Å². The number of rotatable bonds is 2. The highest BCUT2D eigenvalue weighted by atomic mass is 16.4. The van der Waals surface area contributed by atoms with Crippen molar-refractivity contribution in [2.45, 2.75) is 13.3 Å². The van der Waals surface area contributed by atoms with Gasteiger partial charge in [-0.1, -0.05) is 5.57 Å². The van der Waals surface area contributed by atoms with E-state index in [2.05, 4.69) is 0 Å². The summed E-state index contributed by atoms with van der Waals surface area (Å²) >= 11 is 0. The van der Waals surface area contributed by atoms with E-state index in [9.17, 15) is 39.9 Å². The highest BCUT2D eigenvalue weighted by molar-refractivity contribution is 6.31. The number of carboxylic acid groups (broad SMARTS) is 1. The fourth-order valence-electron chi connectivity index (χ4n) is 3.68. The molecule has 0 saturated heterocycles. The second-order valence-electron chi connectivity index (χ2n) is 6.94.